The third-order valence-corrected chi connectivity index (χ3v) is 3.52. The minimum Gasteiger partial charge on any atom is -0.298 e. The molecule has 0 heterocycles. The lowest BCUT2D eigenvalue weighted by Gasteiger charge is -2.17. The maximum Gasteiger partial charge on any atom is 0.128 e. The lowest BCUT2D eigenvalue weighted by atomic mass is 10.1. The van der Waals surface area contributed by atoms with E-state index in [1.54, 1.807) is 0 Å². The molecule has 0 unspecified atom stereocenters. The molecule has 0 aliphatic heterocycles. The summed E-state index contributed by atoms with van der Waals surface area (Å²) in [6, 6.07) is 13.6. The highest BCUT2D eigenvalue weighted by Gasteiger charge is 2.07. The predicted molar refractivity (Wildman–Crippen MR) is 80.5 cm³/mol. The summed E-state index contributed by atoms with van der Waals surface area (Å²) in [6.45, 7) is 3.49. The smallest absolute Gasteiger partial charge is 0.128 e. The lowest BCUT2D eigenvalue weighted by molar-refractivity contribution is 0.313. The van der Waals surface area contributed by atoms with Crippen molar-refractivity contribution in [3.8, 4) is 0 Å². The topological polar surface area (TPSA) is 3.24 Å². The fourth-order valence-corrected chi connectivity index (χ4v) is 2.33. The van der Waals surface area contributed by atoms with Crippen LogP contribution < -0.4 is 0 Å². The van der Waals surface area contributed by atoms with Crippen LogP contribution in [0.4, 0.5) is 4.39 Å². The van der Waals surface area contributed by atoms with Crippen LogP contribution in [0, 0.1) is 12.7 Å². The largest absolute Gasteiger partial charge is 0.298 e. The first kappa shape index (κ1) is 14.2. The molecule has 2 rings (SSSR count). The average Bonchev–Trinajstić information content (AvgIpc) is 2.36. The van der Waals surface area contributed by atoms with E-state index >= 15 is 0 Å². The van der Waals surface area contributed by atoms with Gasteiger partial charge in [0, 0.05) is 23.1 Å². The van der Waals surface area contributed by atoms with E-state index in [9.17, 15) is 4.39 Å². The second kappa shape index (κ2) is 6.31. The molecule has 0 radical (unpaired) electrons. The van der Waals surface area contributed by atoms with Gasteiger partial charge in [0.2, 0.25) is 0 Å². The minimum absolute atomic E-state index is 0.162. The van der Waals surface area contributed by atoms with Crippen LogP contribution in [0.2, 0.25) is 0 Å². The zero-order valence-corrected chi connectivity index (χ0v) is 12.7. The molecule has 0 aromatic heterocycles. The van der Waals surface area contributed by atoms with Crippen LogP contribution in [-0.4, -0.2) is 11.9 Å². The van der Waals surface area contributed by atoms with Crippen molar-refractivity contribution in [2.45, 2.75) is 20.0 Å². The van der Waals surface area contributed by atoms with E-state index in [1.807, 2.05) is 19.2 Å². The van der Waals surface area contributed by atoms with E-state index in [-0.39, 0.29) is 5.82 Å². The molecule has 0 spiro atoms. The molecule has 100 valence electrons. The summed E-state index contributed by atoms with van der Waals surface area (Å²) in [5, 5.41) is 0. The van der Waals surface area contributed by atoms with E-state index in [0.717, 1.165) is 16.6 Å². The highest BCUT2D eigenvalue weighted by Crippen LogP contribution is 2.17. The number of halogens is 2. The van der Waals surface area contributed by atoms with Gasteiger partial charge in [0.25, 0.3) is 0 Å². The number of nitrogens with zero attached hydrogens (tertiary/aromatic N) is 1. The SMILES string of the molecule is Cc1ccc(CN(C)Cc2ccc(Br)cc2F)cc1. The average molecular weight is 322 g/mol. The minimum atomic E-state index is -0.162. The van der Waals surface area contributed by atoms with Gasteiger partial charge in [0.05, 0.1) is 0 Å². The van der Waals surface area contributed by atoms with E-state index < -0.39 is 0 Å². The maximum atomic E-state index is 13.7. The lowest BCUT2D eigenvalue weighted by Crippen LogP contribution is -2.18. The van der Waals surface area contributed by atoms with Crippen LogP contribution in [0.15, 0.2) is 46.9 Å². The van der Waals surface area contributed by atoms with Crippen LogP contribution in [0.5, 0.6) is 0 Å². The van der Waals surface area contributed by atoms with Gasteiger partial charge < -0.3 is 0 Å². The number of hydrogen-bond acceptors (Lipinski definition) is 1. The molecule has 19 heavy (non-hydrogen) atoms. The van der Waals surface area contributed by atoms with Crippen LogP contribution in [0.25, 0.3) is 0 Å². The van der Waals surface area contributed by atoms with Gasteiger partial charge in [-0.05, 0) is 31.7 Å². The Morgan fingerprint density at radius 3 is 2.37 bits per heavy atom. The first-order valence-electron chi connectivity index (χ1n) is 6.22. The molecule has 1 nitrogen and oxygen atoms in total. The Morgan fingerprint density at radius 2 is 1.74 bits per heavy atom. The van der Waals surface area contributed by atoms with E-state index in [2.05, 4.69) is 52.0 Å². The Morgan fingerprint density at radius 1 is 1.05 bits per heavy atom. The Bertz CT molecular complexity index is 551. The highest BCUT2D eigenvalue weighted by molar-refractivity contribution is 9.10. The molecule has 0 amide bonds. The first-order chi connectivity index (χ1) is 9.04. The van der Waals surface area contributed by atoms with Crippen molar-refractivity contribution in [2.75, 3.05) is 7.05 Å². The van der Waals surface area contributed by atoms with Gasteiger partial charge in [-0.3, -0.25) is 4.90 Å². The van der Waals surface area contributed by atoms with Gasteiger partial charge in [-0.15, -0.1) is 0 Å². The summed E-state index contributed by atoms with van der Waals surface area (Å²) in [5.41, 5.74) is 3.22. The Balaban J connectivity index is 2.01. The quantitative estimate of drug-likeness (QED) is 0.799. The van der Waals surface area contributed by atoms with Crippen LogP contribution >= 0.6 is 15.9 Å². The molecule has 3 heteroatoms. The van der Waals surface area contributed by atoms with Crippen molar-refractivity contribution in [1.29, 1.82) is 0 Å². The zero-order valence-electron chi connectivity index (χ0n) is 11.2. The van der Waals surface area contributed by atoms with Gasteiger partial charge in [0.15, 0.2) is 0 Å². The van der Waals surface area contributed by atoms with Crippen molar-refractivity contribution >= 4 is 15.9 Å². The van der Waals surface area contributed by atoms with E-state index in [1.165, 1.54) is 17.2 Å². The van der Waals surface area contributed by atoms with Gasteiger partial charge in [0.1, 0.15) is 5.82 Å². The number of aryl methyl sites for hydroxylation is 1. The molecule has 0 aliphatic carbocycles. The van der Waals surface area contributed by atoms with Gasteiger partial charge in [-0.25, -0.2) is 4.39 Å². The summed E-state index contributed by atoms with van der Waals surface area (Å²) in [4.78, 5) is 2.11. The summed E-state index contributed by atoms with van der Waals surface area (Å²) >= 11 is 3.27. The second-order valence-corrected chi connectivity index (χ2v) is 5.81. The van der Waals surface area contributed by atoms with E-state index in [4.69, 9.17) is 0 Å². The molecule has 2 aromatic rings. The fraction of sp³-hybridized carbons (Fsp3) is 0.250. The predicted octanol–water partition coefficient (Wildman–Crippen LogP) is 4.53. The summed E-state index contributed by atoms with van der Waals surface area (Å²) in [5.74, 6) is -0.162. The van der Waals surface area contributed by atoms with Crippen LogP contribution in [-0.2, 0) is 13.1 Å². The van der Waals surface area contributed by atoms with E-state index in [0.29, 0.717) is 6.54 Å². The molecule has 0 atom stereocenters. The Labute approximate surface area is 122 Å². The molecule has 0 saturated heterocycles. The molecule has 0 saturated carbocycles. The van der Waals surface area contributed by atoms with Gasteiger partial charge >= 0.3 is 0 Å². The van der Waals surface area contributed by atoms with Crippen molar-refractivity contribution in [2.24, 2.45) is 0 Å². The zero-order chi connectivity index (χ0) is 13.8. The second-order valence-electron chi connectivity index (χ2n) is 4.89. The van der Waals surface area contributed by atoms with Crippen molar-refractivity contribution in [3.63, 3.8) is 0 Å². The van der Waals surface area contributed by atoms with Crippen LogP contribution in [0.3, 0.4) is 0 Å². The summed E-state index contributed by atoms with van der Waals surface area (Å²) in [6.07, 6.45) is 0. The molecule has 2 aromatic carbocycles. The number of rotatable bonds is 4. The molecule has 0 aliphatic rings. The third kappa shape index (κ3) is 4.15. The maximum absolute atomic E-state index is 13.7. The van der Waals surface area contributed by atoms with Gasteiger partial charge in [-0.2, -0.15) is 0 Å². The molecule has 0 N–H and O–H groups in total. The number of hydrogen-bond donors (Lipinski definition) is 0. The first-order valence-corrected chi connectivity index (χ1v) is 7.02. The molecule has 0 fully saturated rings. The van der Waals surface area contributed by atoms with Crippen LogP contribution in [0.1, 0.15) is 16.7 Å². The van der Waals surface area contributed by atoms with Crippen molar-refractivity contribution < 1.29 is 4.39 Å². The normalized spacial score (nSPS) is 11.0. The van der Waals surface area contributed by atoms with Gasteiger partial charge in [-0.1, -0.05) is 51.8 Å². The fourth-order valence-electron chi connectivity index (χ4n) is 2.00. The Kier molecular flexibility index (Phi) is 4.72. The summed E-state index contributed by atoms with van der Waals surface area (Å²) < 4.78 is 14.5. The number of benzene rings is 2. The monoisotopic (exact) mass is 321 g/mol. The molecule has 0 bridgehead atoms. The van der Waals surface area contributed by atoms with Crippen molar-refractivity contribution in [3.05, 3.63) is 69.4 Å². The van der Waals surface area contributed by atoms with Crippen molar-refractivity contribution in [1.82, 2.24) is 4.90 Å². The molecular weight excluding hydrogens is 305 g/mol. The Hall–Kier alpha value is -1.19. The summed E-state index contributed by atoms with van der Waals surface area (Å²) in [7, 11) is 2.00. The highest BCUT2D eigenvalue weighted by atomic mass is 79.9. The third-order valence-electron chi connectivity index (χ3n) is 3.03. The molecular formula is C16H17BrFN. The standard InChI is InChI=1S/C16H17BrFN/c1-12-3-5-13(6-4-12)10-19(2)11-14-7-8-15(17)9-16(14)18/h3-9H,10-11H2,1-2H3.